The highest BCUT2D eigenvalue weighted by molar-refractivity contribution is 6.10. The second kappa shape index (κ2) is 8.65. The minimum absolute atomic E-state index is 0.0301. The van der Waals surface area contributed by atoms with Gasteiger partial charge >= 0.3 is 0 Å². The molecule has 0 spiro atoms. The third kappa shape index (κ3) is 3.72. The van der Waals surface area contributed by atoms with Crippen LogP contribution in [-0.2, 0) is 19.8 Å². The Morgan fingerprint density at radius 2 is 1.66 bits per heavy atom. The minimum atomic E-state index is -1.23. The van der Waals surface area contributed by atoms with Crippen LogP contribution in [0.2, 0.25) is 0 Å². The number of methoxy groups -OCH3 is 1. The molecule has 0 N–H and O–H groups in total. The molecule has 2 fully saturated rings. The van der Waals surface area contributed by atoms with Gasteiger partial charge in [-0.2, -0.15) is 0 Å². The van der Waals surface area contributed by atoms with E-state index in [2.05, 4.69) is 24.0 Å². The van der Waals surface area contributed by atoms with Crippen molar-refractivity contribution in [3.63, 3.8) is 0 Å². The number of rotatable bonds is 5. The van der Waals surface area contributed by atoms with Crippen LogP contribution in [0.5, 0.6) is 5.75 Å². The molecule has 0 saturated carbocycles. The molecule has 3 amide bonds. The lowest BCUT2D eigenvalue weighted by atomic mass is 9.75. The van der Waals surface area contributed by atoms with Crippen LogP contribution >= 0.6 is 0 Å². The normalized spacial score (nSPS) is 21.3. The van der Waals surface area contributed by atoms with Crippen LogP contribution in [0, 0.1) is 6.92 Å². The quantitative estimate of drug-likeness (QED) is 0.675. The van der Waals surface area contributed by atoms with Gasteiger partial charge in [0.05, 0.1) is 12.5 Å². The molecule has 0 bridgehead atoms. The summed E-state index contributed by atoms with van der Waals surface area (Å²) in [5.74, 6) is -0.227. The van der Waals surface area contributed by atoms with Crippen molar-refractivity contribution >= 4 is 23.4 Å². The van der Waals surface area contributed by atoms with E-state index < -0.39 is 5.41 Å². The molecule has 2 heterocycles. The van der Waals surface area contributed by atoms with E-state index in [0.29, 0.717) is 24.4 Å². The SMILES string of the molecule is COc1ccccc1C1(CC(=O)N2CCN(c3ccccc3C)CC2)CC(=O)N(C)C1=O. The van der Waals surface area contributed by atoms with Crippen molar-refractivity contribution in [3.05, 3.63) is 59.7 Å². The zero-order valence-corrected chi connectivity index (χ0v) is 18.8. The Labute approximate surface area is 188 Å². The summed E-state index contributed by atoms with van der Waals surface area (Å²) in [7, 11) is 3.01. The molecule has 2 aromatic rings. The van der Waals surface area contributed by atoms with Gasteiger partial charge in [-0.1, -0.05) is 36.4 Å². The predicted octanol–water partition coefficient (Wildman–Crippen LogP) is 2.37. The van der Waals surface area contributed by atoms with Crippen molar-refractivity contribution in [2.75, 3.05) is 45.2 Å². The Hall–Kier alpha value is -3.35. The minimum Gasteiger partial charge on any atom is -0.496 e. The van der Waals surface area contributed by atoms with Crippen molar-refractivity contribution in [1.82, 2.24) is 9.80 Å². The number of hydrogen-bond acceptors (Lipinski definition) is 5. The highest BCUT2D eigenvalue weighted by Crippen LogP contribution is 2.43. The van der Waals surface area contributed by atoms with Gasteiger partial charge in [-0.3, -0.25) is 19.3 Å². The summed E-state index contributed by atoms with van der Waals surface area (Å²) in [5.41, 5.74) is 1.75. The molecular formula is C25H29N3O4. The number of carbonyl (C=O) groups excluding carboxylic acids is 3. The fourth-order valence-electron chi connectivity index (χ4n) is 4.86. The van der Waals surface area contributed by atoms with Gasteiger partial charge in [0.25, 0.3) is 0 Å². The number of likely N-dealkylation sites (N-methyl/N-ethyl adjacent to an activating group) is 1. The van der Waals surface area contributed by atoms with Crippen LogP contribution in [0.25, 0.3) is 0 Å². The number of anilines is 1. The third-order valence-electron chi connectivity index (χ3n) is 6.71. The Balaban J connectivity index is 1.55. The fourth-order valence-corrected chi connectivity index (χ4v) is 4.86. The lowest BCUT2D eigenvalue weighted by Crippen LogP contribution is -2.51. The van der Waals surface area contributed by atoms with Gasteiger partial charge in [-0.25, -0.2) is 0 Å². The lowest BCUT2D eigenvalue weighted by molar-refractivity contribution is -0.141. The van der Waals surface area contributed by atoms with Gasteiger partial charge in [0.1, 0.15) is 5.75 Å². The number of amides is 3. The Morgan fingerprint density at radius 1 is 1.00 bits per heavy atom. The zero-order chi connectivity index (χ0) is 22.9. The maximum atomic E-state index is 13.4. The molecule has 4 rings (SSSR count). The summed E-state index contributed by atoms with van der Waals surface area (Å²) in [5, 5.41) is 0. The fraction of sp³-hybridized carbons (Fsp3) is 0.400. The standard InChI is InChI=1S/C25H29N3O4/c1-18-8-4-6-10-20(18)27-12-14-28(15-13-27)23(30)17-25(16-22(29)26(2)24(25)31)19-9-5-7-11-21(19)32-3/h4-11H,12-17H2,1-3H3. The zero-order valence-electron chi connectivity index (χ0n) is 18.8. The summed E-state index contributed by atoms with van der Waals surface area (Å²) >= 11 is 0. The Morgan fingerprint density at radius 3 is 2.28 bits per heavy atom. The van der Waals surface area contributed by atoms with Crippen LogP contribution in [0.1, 0.15) is 24.0 Å². The van der Waals surface area contributed by atoms with Crippen molar-refractivity contribution in [2.24, 2.45) is 0 Å². The molecule has 7 nitrogen and oxygen atoms in total. The number of para-hydroxylation sites is 2. The van der Waals surface area contributed by atoms with E-state index in [0.717, 1.165) is 18.0 Å². The Bertz CT molecular complexity index is 1040. The van der Waals surface area contributed by atoms with Crippen LogP contribution in [-0.4, -0.2) is 67.9 Å². The van der Waals surface area contributed by atoms with Crippen LogP contribution in [0.15, 0.2) is 48.5 Å². The van der Waals surface area contributed by atoms with E-state index in [1.54, 1.807) is 18.2 Å². The van der Waals surface area contributed by atoms with Gasteiger partial charge in [-0.05, 0) is 24.6 Å². The molecule has 32 heavy (non-hydrogen) atoms. The first-order valence-electron chi connectivity index (χ1n) is 10.9. The average molecular weight is 436 g/mol. The van der Waals surface area contributed by atoms with E-state index in [-0.39, 0.29) is 30.6 Å². The number of benzene rings is 2. The van der Waals surface area contributed by atoms with E-state index in [1.165, 1.54) is 25.4 Å². The van der Waals surface area contributed by atoms with Crippen LogP contribution in [0.3, 0.4) is 0 Å². The predicted molar refractivity (Wildman–Crippen MR) is 122 cm³/mol. The monoisotopic (exact) mass is 435 g/mol. The van der Waals surface area contributed by atoms with Crippen molar-refractivity contribution in [3.8, 4) is 5.75 Å². The number of piperazine rings is 1. The van der Waals surface area contributed by atoms with E-state index in [9.17, 15) is 14.4 Å². The number of imide groups is 1. The highest BCUT2D eigenvalue weighted by Gasteiger charge is 2.54. The van der Waals surface area contributed by atoms with Crippen molar-refractivity contribution in [2.45, 2.75) is 25.2 Å². The molecule has 2 aromatic carbocycles. The van der Waals surface area contributed by atoms with E-state index in [1.807, 2.05) is 23.1 Å². The van der Waals surface area contributed by atoms with Gasteiger partial charge in [-0.15, -0.1) is 0 Å². The highest BCUT2D eigenvalue weighted by atomic mass is 16.5. The average Bonchev–Trinajstić information content (AvgIpc) is 3.03. The van der Waals surface area contributed by atoms with E-state index in [4.69, 9.17) is 4.74 Å². The number of likely N-dealkylation sites (tertiary alicyclic amines) is 1. The van der Waals surface area contributed by atoms with Crippen molar-refractivity contribution < 1.29 is 19.1 Å². The molecule has 2 aliphatic heterocycles. The van der Waals surface area contributed by atoms with Gasteiger partial charge in [0, 0.05) is 57.3 Å². The first-order valence-corrected chi connectivity index (χ1v) is 10.9. The number of aryl methyl sites for hydroxylation is 1. The number of ether oxygens (including phenoxy) is 1. The first kappa shape index (κ1) is 21.9. The molecule has 7 heteroatoms. The lowest BCUT2D eigenvalue weighted by Gasteiger charge is -2.38. The molecule has 168 valence electrons. The van der Waals surface area contributed by atoms with Crippen LogP contribution < -0.4 is 9.64 Å². The van der Waals surface area contributed by atoms with Gasteiger partial charge in [0.15, 0.2) is 0 Å². The number of nitrogens with zero attached hydrogens (tertiary/aromatic N) is 3. The smallest absolute Gasteiger partial charge is 0.240 e. The van der Waals surface area contributed by atoms with Gasteiger partial charge < -0.3 is 14.5 Å². The summed E-state index contributed by atoms with van der Waals surface area (Å²) in [6, 6.07) is 15.4. The van der Waals surface area contributed by atoms with E-state index >= 15 is 0 Å². The second-order valence-electron chi connectivity index (χ2n) is 8.55. The summed E-state index contributed by atoms with van der Waals surface area (Å²) in [6.45, 7) is 4.69. The first-order chi connectivity index (χ1) is 15.4. The van der Waals surface area contributed by atoms with Crippen molar-refractivity contribution in [1.29, 1.82) is 0 Å². The molecule has 1 unspecified atom stereocenters. The molecule has 1 atom stereocenters. The topological polar surface area (TPSA) is 70.2 Å². The molecule has 0 radical (unpaired) electrons. The maximum Gasteiger partial charge on any atom is 0.240 e. The third-order valence-corrected chi connectivity index (χ3v) is 6.71. The maximum absolute atomic E-state index is 13.4. The molecule has 0 aliphatic carbocycles. The summed E-state index contributed by atoms with van der Waals surface area (Å²) in [6.07, 6.45) is -0.0791. The largest absolute Gasteiger partial charge is 0.496 e. The number of carbonyl (C=O) groups is 3. The summed E-state index contributed by atoms with van der Waals surface area (Å²) in [4.78, 5) is 44.4. The molecule has 0 aromatic heterocycles. The summed E-state index contributed by atoms with van der Waals surface area (Å²) < 4.78 is 5.49. The molecule has 2 aliphatic rings. The van der Waals surface area contributed by atoms with Crippen LogP contribution in [0.4, 0.5) is 5.69 Å². The molecular weight excluding hydrogens is 406 g/mol. The second-order valence-corrected chi connectivity index (χ2v) is 8.55. The Kier molecular flexibility index (Phi) is 5.91. The van der Waals surface area contributed by atoms with Gasteiger partial charge in [0.2, 0.25) is 17.7 Å². The number of hydrogen-bond donors (Lipinski definition) is 0. The molecule has 2 saturated heterocycles.